The van der Waals surface area contributed by atoms with E-state index in [1.807, 2.05) is 24.3 Å². The van der Waals surface area contributed by atoms with Gasteiger partial charge in [-0.3, -0.25) is 4.79 Å². The number of nitrogens with zero attached hydrogens (tertiary/aromatic N) is 1. The van der Waals surface area contributed by atoms with Crippen molar-refractivity contribution in [2.24, 2.45) is 0 Å². The molecular formula is C31H21NO. The molecular weight excluding hydrogens is 402 g/mol. The third-order valence-corrected chi connectivity index (χ3v) is 5.22. The van der Waals surface area contributed by atoms with Crippen molar-refractivity contribution >= 4 is 28.1 Å². The smallest absolute Gasteiger partial charge is 0.193 e. The minimum atomic E-state index is 0.594. The van der Waals surface area contributed by atoms with Gasteiger partial charge in [0, 0.05) is 33.2 Å². The molecule has 0 N–H and O–H groups in total. The third-order valence-electron chi connectivity index (χ3n) is 5.22. The van der Waals surface area contributed by atoms with Crippen LogP contribution >= 0.6 is 0 Å². The van der Waals surface area contributed by atoms with Crippen molar-refractivity contribution in [1.29, 1.82) is 0 Å². The van der Waals surface area contributed by atoms with E-state index < -0.39 is 0 Å². The Hall–Kier alpha value is -4.79. The van der Waals surface area contributed by atoms with Crippen LogP contribution in [0.1, 0.15) is 16.7 Å². The van der Waals surface area contributed by atoms with Crippen LogP contribution in [-0.4, -0.2) is 10.9 Å². The van der Waals surface area contributed by atoms with Crippen LogP contribution in [0.2, 0.25) is 0 Å². The second kappa shape index (κ2) is 10.0. The molecule has 0 atom stereocenters. The minimum absolute atomic E-state index is 0.594. The van der Waals surface area contributed by atoms with E-state index in [0.717, 1.165) is 22.4 Å². The Morgan fingerprint density at radius 2 is 1.00 bits per heavy atom. The lowest BCUT2D eigenvalue weighted by Gasteiger charge is -2.07. The molecule has 0 amide bonds. The molecule has 0 aliphatic carbocycles. The molecule has 2 nitrogen and oxygen atoms in total. The van der Waals surface area contributed by atoms with E-state index in [2.05, 4.69) is 114 Å². The maximum Gasteiger partial charge on any atom is 0.193 e. The standard InChI is InChI=1S/C29H17NO.C2H4/c31-21-5-6-22-11-13-23(14-12-22)15-16-24-17-19-25(20-18-24)30-28-9-3-1-7-26(28)27-8-2-4-10-29(27)30;1-2/h1-4,7-14,17-21H;1-2H2. The monoisotopic (exact) mass is 423 g/mol. The van der Waals surface area contributed by atoms with Gasteiger partial charge in [-0.1, -0.05) is 54.2 Å². The van der Waals surface area contributed by atoms with Crippen LogP contribution in [0, 0.1) is 23.7 Å². The van der Waals surface area contributed by atoms with Gasteiger partial charge in [0.25, 0.3) is 0 Å². The van der Waals surface area contributed by atoms with Gasteiger partial charge in [-0.2, -0.15) is 0 Å². The zero-order chi connectivity index (χ0) is 23.0. The number of carbonyl (C=O) groups is 1. The second-order valence-corrected chi connectivity index (χ2v) is 7.13. The zero-order valence-electron chi connectivity index (χ0n) is 18.1. The fourth-order valence-corrected chi connectivity index (χ4v) is 3.79. The topological polar surface area (TPSA) is 22.0 Å². The van der Waals surface area contributed by atoms with Gasteiger partial charge in [-0.05, 0) is 66.6 Å². The number of aldehydes is 1. The van der Waals surface area contributed by atoms with E-state index in [1.54, 1.807) is 0 Å². The Labute approximate surface area is 193 Å². The summed E-state index contributed by atoms with van der Waals surface area (Å²) in [5.41, 5.74) is 6.16. The summed E-state index contributed by atoms with van der Waals surface area (Å²) in [4.78, 5) is 10.3. The molecule has 0 spiro atoms. The highest BCUT2D eigenvalue weighted by Crippen LogP contribution is 2.31. The fourth-order valence-electron chi connectivity index (χ4n) is 3.79. The van der Waals surface area contributed by atoms with E-state index in [4.69, 9.17) is 0 Å². The number of aromatic nitrogens is 1. The van der Waals surface area contributed by atoms with E-state index in [-0.39, 0.29) is 0 Å². The highest BCUT2D eigenvalue weighted by atomic mass is 16.1. The third kappa shape index (κ3) is 4.47. The maximum atomic E-state index is 10.3. The Morgan fingerprint density at radius 3 is 1.48 bits per heavy atom. The molecule has 5 aromatic rings. The molecule has 4 aromatic carbocycles. The predicted octanol–water partition coefficient (Wildman–Crippen LogP) is 6.54. The fraction of sp³-hybridized carbons (Fsp3) is 0. The van der Waals surface area contributed by atoms with Gasteiger partial charge >= 0.3 is 0 Å². The van der Waals surface area contributed by atoms with Crippen LogP contribution < -0.4 is 0 Å². The van der Waals surface area contributed by atoms with Crippen molar-refractivity contribution in [3.63, 3.8) is 0 Å². The molecule has 5 rings (SSSR count). The number of hydrogen-bond acceptors (Lipinski definition) is 1. The lowest BCUT2D eigenvalue weighted by Crippen LogP contribution is -1.93. The van der Waals surface area contributed by atoms with Crippen molar-refractivity contribution in [2.45, 2.75) is 0 Å². The number of fused-ring (bicyclic) bond motifs is 3. The first kappa shape index (κ1) is 21.4. The number of carbonyl (C=O) groups excluding carboxylic acids is 1. The predicted molar refractivity (Wildman–Crippen MR) is 137 cm³/mol. The second-order valence-electron chi connectivity index (χ2n) is 7.13. The van der Waals surface area contributed by atoms with Gasteiger partial charge in [0.2, 0.25) is 0 Å². The number of para-hydroxylation sites is 2. The summed E-state index contributed by atoms with van der Waals surface area (Å²) in [6, 6.07) is 32.9. The average molecular weight is 424 g/mol. The number of benzene rings is 4. The maximum absolute atomic E-state index is 10.3. The summed E-state index contributed by atoms with van der Waals surface area (Å²) in [6.45, 7) is 6.00. The van der Waals surface area contributed by atoms with Crippen LogP contribution in [0.15, 0.2) is 110 Å². The summed E-state index contributed by atoms with van der Waals surface area (Å²) in [5.74, 6) is 11.6. The molecule has 156 valence electrons. The highest BCUT2D eigenvalue weighted by Gasteiger charge is 2.10. The number of rotatable bonds is 1. The Morgan fingerprint density at radius 1 is 0.576 bits per heavy atom. The van der Waals surface area contributed by atoms with E-state index in [0.29, 0.717) is 6.29 Å². The Balaban J connectivity index is 0.00000126. The zero-order valence-corrected chi connectivity index (χ0v) is 18.1. The van der Waals surface area contributed by atoms with Gasteiger partial charge in [0.05, 0.1) is 11.0 Å². The molecule has 0 unspecified atom stereocenters. The Kier molecular flexibility index (Phi) is 6.51. The molecule has 0 saturated carbocycles. The van der Waals surface area contributed by atoms with E-state index in [9.17, 15) is 4.79 Å². The summed E-state index contributed by atoms with van der Waals surface area (Å²) in [6.07, 6.45) is 0.594. The molecule has 0 aliphatic heterocycles. The minimum Gasteiger partial charge on any atom is -0.309 e. The lowest BCUT2D eigenvalue weighted by molar-refractivity contribution is -0.103. The van der Waals surface area contributed by atoms with Gasteiger partial charge in [0.15, 0.2) is 6.29 Å². The number of hydrogen-bond donors (Lipinski definition) is 0. The normalized spacial score (nSPS) is 9.70. The molecule has 0 aliphatic rings. The van der Waals surface area contributed by atoms with Crippen molar-refractivity contribution < 1.29 is 4.79 Å². The quantitative estimate of drug-likeness (QED) is 0.171. The van der Waals surface area contributed by atoms with Crippen LogP contribution in [0.5, 0.6) is 0 Å². The highest BCUT2D eigenvalue weighted by molar-refractivity contribution is 6.09. The molecule has 1 heterocycles. The SMILES string of the molecule is C=C.O=CC#Cc1ccc(C#Cc2ccc(-n3c4ccccc4c4ccccc43)cc2)cc1. The van der Waals surface area contributed by atoms with Crippen molar-refractivity contribution in [3.8, 4) is 29.4 Å². The largest absolute Gasteiger partial charge is 0.309 e. The molecule has 0 fully saturated rings. The van der Waals surface area contributed by atoms with Crippen molar-refractivity contribution in [1.82, 2.24) is 4.57 Å². The van der Waals surface area contributed by atoms with Crippen LogP contribution in [0.3, 0.4) is 0 Å². The van der Waals surface area contributed by atoms with Crippen molar-refractivity contribution in [3.05, 3.63) is 127 Å². The lowest BCUT2D eigenvalue weighted by atomic mass is 10.1. The Bertz CT molecular complexity index is 1490. The van der Waals surface area contributed by atoms with E-state index >= 15 is 0 Å². The first-order valence-corrected chi connectivity index (χ1v) is 10.5. The first-order valence-electron chi connectivity index (χ1n) is 10.5. The van der Waals surface area contributed by atoms with Gasteiger partial charge < -0.3 is 4.57 Å². The molecule has 0 bridgehead atoms. The molecule has 33 heavy (non-hydrogen) atoms. The molecule has 0 radical (unpaired) electrons. The van der Waals surface area contributed by atoms with Crippen molar-refractivity contribution in [2.75, 3.05) is 0 Å². The summed E-state index contributed by atoms with van der Waals surface area (Å²) >= 11 is 0. The molecule has 1 aromatic heterocycles. The first-order chi connectivity index (χ1) is 16.3. The van der Waals surface area contributed by atoms with Crippen LogP contribution in [-0.2, 0) is 4.79 Å². The summed E-state index contributed by atoms with van der Waals surface area (Å²) in [5, 5.41) is 2.51. The summed E-state index contributed by atoms with van der Waals surface area (Å²) < 4.78 is 2.29. The van der Waals surface area contributed by atoms with Gasteiger partial charge in [0.1, 0.15) is 0 Å². The molecule has 0 saturated heterocycles. The van der Waals surface area contributed by atoms with Crippen LogP contribution in [0.4, 0.5) is 0 Å². The van der Waals surface area contributed by atoms with Gasteiger partial charge in [-0.25, -0.2) is 0 Å². The van der Waals surface area contributed by atoms with Crippen LogP contribution in [0.25, 0.3) is 27.5 Å². The van der Waals surface area contributed by atoms with E-state index in [1.165, 1.54) is 21.8 Å². The molecule has 2 heteroatoms. The average Bonchev–Trinajstić information content (AvgIpc) is 3.23. The summed E-state index contributed by atoms with van der Waals surface area (Å²) in [7, 11) is 0. The van der Waals surface area contributed by atoms with Gasteiger partial charge in [-0.15, -0.1) is 13.2 Å².